The van der Waals surface area contributed by atoms with Crippen LogP contribution in [0.5, 0.6) is 0 Å². The molecule has 62 valence electrons. The average Bonchev–Trinajstić information content (AvgIpc) is 2.37. The zero-order valence-corrected chi connectivity index (χ0v) is 9.10. The number of hydrogen-bond acceptors (Lipinski definition) is 4. The first-order valence-corrected chi connectivity index (χ1v) is 5.81. The van der Waals surface area contributed by atoms with Crippen molar-refractivity contribution in [3.63, 3.8) is 0 Å². The zero-order valence-electron chi connectivity index (χ0n) is 6.57. The average molecular weight is 205 g/mol. The molecule has 0 aliphatic carbocycles. The van der Waals surface area contributed by atoms with Crippen molar-refractivity contribution in [3.8, 4) is 0 Å². The standard InChI is InChI=1S/C7H11NS3/c1-7(2,11-5-9)6-8-3-4-10-6/h3-4,9H,5H2,1-2H3. The number of thiol groups is 1. The molecule has 1 aromatic heterocycles. The lowest BCUT2D eigenvalue weighted by molar-refractivity contribution is 0.774. The lowest BCUT2D eigenvalue weighted by Crippen LogP contribution is -2.11. The van der Waals surface area contributed by atoms with Crippen molar-refractivity contribution in [2.45, 2.75) is 18.6 Å². The molecule has 0 aliphatic heterocycles. The zero-order chi connectivity index (χ0) is 8.32. The molecule has 1 heterocycles. The third-order valence-corrected chi connectivity index (χ3v) is 4.03. The maximum Gasteiger partial charge on any atom is 0.108 e. The van der Waals surface area contributed by atoms with Crippen molar-refractivity contribution in [1.29, 1.82) is 0 Å². The predicted octanol–water partition coefficient (Wildman–Crippen LogP) is 3.00. The van der Waals surface area contributed by atoms with E-state index in [0.717, 1.165) is 5.08 Å². The Hall–Kier alpha value is 0.330. The molecule has 0 atom stereocenters. The Kier molecular flexibility index (Phi) is 3.28. The maximum atomic E-state index is 4.27. The first-order chi connectivity index (χ1) is 5.17. The van der Waals surface area contributed by atoms with E-state index in [-0.39, 0.29) is 4.75 Å². The molecule has 0 bridgehead atoms. The molecule has 0 aromatic carbocycles. The first kappa shape index (κ1) is 9.42. The van der Waals surface area contributed by atoms with Gasteiger partial charge in [-0.05, 0) is 13.8 Å². The van der Waals surface area contributed by atoms with Gasteiger partial charge in [0.2, 0.25) is 0 Å². The fourth-order valence-corrected chi connectivity index (χ4v) is 3.19. The molecule has 0 fully saturated rings. The Morgan fingerprint density at radius 2 is 2.45 bits per heavy atom. The monoisotopic (exact) mass is 205 g/mol. The molecule has 0 saturated carbocycles. The van der Waals surface area contributed by atoms with Crippen molar-refractivity contribution < 1.29 is 0 Å². The van der Waals surface area contributed by atoms with Crippen LogP contribution in [-0.4, -0.2) is 10.1 Å². The number of aromatic nitrogens is 1. The molecule has 0 unspecified atom stereocenters. The van der Waals surface area contributed by atoms with Gasteiger partial charge in [0.15, 0.2) is 0 Å². The molecular weight excluding hydrogens is 194 g/mol. The van der Waals surface area contributed by atoms with Crippen molar-refractivity contribution in [1.82, 2.24) is 4.98 Å². The normalized spacial score (nSPS) is 11.9. The van der Waals surface area contributed by atoms with E-state index >= 15 is 0 Å². The Labute approximate surface area is 81.0 Å². The van der Waals surface area contributed by atoms with Crippen molar-refractivity contribution in [3.05, 3.63) is 16.6 Å². The minimum absolute atomic E-state index is 0.121. The van der Waals surface area contributed by atoms with Crippen LogP contribution in [0.3, 0.4) is 0 Å². The van der Waals surface area contributed by atoms with Gasteiger partial charge in [0, 0.05) is 16.7 Å². The summed E-state index contributed by atoms with van der Waals surface area (Å²) in [7, 11) is 0. The van der Waals surface area contributed by atoms with Gasteiger partial charge in [-0.3, -0.25) is 0 Å². The van der Waals surface area contributed by atoms with Gasteiger partial charge >= 0.3 is 0 Å². The lowest BCUT2D eigenvalue weighted by atomic mass is 10.2. The minimum atomic E-state index is 0.121. The van der Waals surface area contributed by atoms with Crippen LogP contribution >= 0.6 is 35.7 Å². The highest BCUT2D eigenvalue weighted by molar-refractivity contribution is 8.09. The Balaban J connectivity index is 2.73. The first-order valence-electron chi connectivity index (χ1n) is 3.31. The molecule has 0 N–H and O–H groups in total. The Bertz CT molecular complexity index is 205. The van der Waals surface area contributed by atoms with E-state index in [2.05, 4.69) is 31.5 Å². The summed E-state index contributed by atoms with van der Waals surface area (Å²) in [6, 6.07) is 0. The van der Waals surface area contributed by atoms with Gasteiger partial charge in [-0.1, -0.05) is 0 Å². The van der Waals surface area contributed by atoms with Crippen LogP contribution in [0.4, 0.5) is 0 Å². The summed E-state index contributed by atoms with van der Waals surface area (Å²) < 4.78 is 0.121. The highest BCUT2D eigenvalue weighted by Gasteiger charge is 2.22. The fraction of sp³-hybridized carbons (Fsp3) is 0.571. The summed E-state index contributed by atoms with van der Waals surface area (Å²) in [4.78, 5) is 4.27. The molecule has 4 heteroatoms. The van der Waals surface area contributed by atoms with Gasteiger partial charge in [0.25, 0.3) is 0 Å². The molecule has 1 aromatic rings. The van der Waals surface area contributed by atoms with E-state index < -0.39 is 0 Å². The second-order valence-corrected chi connectivity index (χ2v) is 5.86. The molecule has 0 spiro atoms. The van der Waals surface area contributed by atoms with E-state index in [4.69, 9.17) is 0 Å². The second kappa shape index (κ2) is 3.83. The minimum Gasteiger partial charge on any atom is -0.248 e. The number of hydrogen-bond donors (Lipinski definition) is 1. The smallest absolute Gasteiger partial charge is 0.108 e. The van der Waals surface area contributed by atoms with Crippen molar-refractivity contribution >= 4 is 35.7 Å². The van der Waals surface area contributed by atoms with Gasteiger partial charge in [-0.15, -0.1) is 23.1 Å². The van der Waals surface area contributed by atoms with Gasteiger partial charge < -0.3 is 0 Å². The van der Waals surface area contributed by atoms with E-state index in [1.807, 2.05) is 11.6 Å². The summed E-state index contributed by atoms with van der Waals surface area (Å²) in [5.74, 6) is 0. The molecule has 0 amide bonds. The van der Waals surface area contributed by atoms with E-state index in [9.17, 15) is 0 Å². The van der Waals surface area contributed by atoms with Crippen LogP contribution in [0, 0.1) is 0 Å². The molecule has 11 heavy (non-hydrogen) atoms. The van der Waals surface area contributed by atoms with E-state index in [1.54, 1.807) is 23.1 Å². The largest absolute Gasteiger partial charge is 0.248 e. The molecule has 0 radical (unpaired) electrons. The number of thiazole rings is 1. The van der Waals surface area contributed by atoms with Crippen LogP contribution in [0.2, 0.25) is 0 Å². The fourth-order valence-electron chi connectivity index (χ4n) is 0.744. The predicted molar refractivity (Wildman–Crippen MR) is 56.6 cm³/mol. The van der Waals surface area contributed by atoms with Crippen LogP contribution in [0.15, 0.2) is 11.6 Å². The SMILES string of the molecule is CC(C)(SCS)c1nccs1. The summed E-state index contributed by atoms with van der Waals surface area (Å²) in [5.41, 5.74) is 0. The third-order valence-electron chi connectivity index (χ3n) is 1.37. The van der Waals surface area contributed by atoms with E-state index in [1.165, 1.54) is 5.01 Å². The molecule has 1 rings (SSSR count). The molecule has 0 saturated heterocycles. The van der Waals surface area contributed by atoms with Crippen LogP contribution in [-0.2, 0) is 4.75 Å². The Morgan fingerprint density at radius 3 is 2.91 bits per heavy atom. The summed E-state index contributed by atoms with van der Waals surface area (Å²) in [6.45, 7) is 4.35. The molecular formula is C7H11NS3. The van der Waals surface area contributed by atoms with Crippen LogP contribution in [0.1, 0.15) is 18.9 Å². The topological polar surface area (TPSA) is 12.9 Å². The molecule has 1 nitrogen and oxygen atoms in total. The number of rotatable bonds is 3. The maximum absolute atomic E-state index is 4.27. The van der Waals surface area contributed by atoms with Gasteiger partial charge in [0.05, 0.1) is 4.75 Å². The van der Waals surface area contributed by atoms with Crippen LogP contribution in [0.25, 0.3) is 0 Å². The van der Waals surface area contributed by atoms with Gasteiger partial charge in [-0.25, -0.2) is 4.98 Å². The molecule has 0 aliphatic rings. The van der Waals surface area contributed by atoms with Crippen LogP contribution < -0.4 is 0 Å². The van der Waals surface area contributed by atoms with Crippen molar-refractivity contribution in [2.75, 3.05) is 5.08 Å². The summed E-state index contributed by atoms with van der Waals surface area (Å²) in [5, 5.41) is 4.03. The van der Waals surface area contributed by atoms with E-state index in [0.29, 0.717) is 0 Å². The Morgan fingerprint density at radius 1 is 1.73 bits per heavy atom. The number of nitrogens with zero attached hydrogens (tertiary/aromatic N) is 1. The summed E-state index contributed by atoms with van der Waals surface area (Å²) in [6.07, 6.45) is 1.85. The highest BCUT2D eigenvalue weighted by atomic mass is 32.2. The lowest BCUT2D eigenvalue weighted by Gasteiger charge is -2.19. The second-order valence-electron chi connectivity index (χ2n) is 2.62. The van der Waals surface area contributed by atoms with Gasteiger partial charge in [0.1, 0.15) is 5.01 Å². The van der Waals surface area contributed by atoms with Gasteiger partial charge in [-0.2, -0.15) is 12.6 Å². The highest BCUT2D eigenvalue weighted by Crippen LogP contribution is 2.36. The quantitative estimate of drug-likeness (QED) is 0.602. The summed E-state index contributed by atoms with van der Waals surface area (Å²) >= 11 is 7.69. The number of thioether (sulfide) groups is 1. The third kappa shape index (κ3) is 2.39. The van der Waals surface area contributed by atoms with Crippen molar-refractivity contribution in [2.24, 2.45) is 0 Å².